The highest BCUT2D eigenvalue weighted by Crippen LogP contribution is 2.51. The van der Waals surface area contributed by atoms with Crippen molar-refractivity contribution in [3.05, 3.63) is 239 Å². The first-order valence-electron chi connectivity index (χ1n) is 18.9. The average molecular weight is 691 g/mol. The van der Waals surface area contributed by atoms with E-state index < -0.39 is 0 Å². The van der Waals surface area contributed by atoms with Crippen molar-refractivity contribution in [3.8, 4) is 0 Å². The molecule has 1 aliphatic rings. The van der Waals surface area contributed by atoms with Gasteiger partial charge in [-0.25, -0.2) is 0 Å². The molecule has 6 aromatic carbocycles. The zero-order valence-corrected chi connectivity index (χ0v) is 31.0. The van der Waals surface area contributed by atoms with E-state index in [-0.39, 0.29) is 10.8 Å². The Bertz CT molecular complexity index is 2060. The summed E-state index contributed by atoms with van der Waals surface area (Å²) >= 11 is 0. The maximum atomic E-state index is 3.52. The minimum Gasteiger partial charge on any atom is -0.388 e. The van der Waals surface area contributed by atoms with Crippen LogP contribution in [0.4, 0.5) is 11.4 Å². The van der Waals surface area contributed by atoms with Gasteiger partial charge in [-0.15, -0.1) is 0 Å². The Balaban J connectivity index is 1.25. The van der Waals surface area contributed by atoms with Crippen LogP contribution < -0.4 is 10.2 Å². The Morgan fingerprint density at radius 1 is 0.547 bits per heavy atom. The Morgan fingerprint density at radius 3 is 1.60 bits per heavy atom. The molecule has 0 atom stereocenters. The molecule has 0 saturated heterocycles. The number of nitrogens with one attached hydrogen (secondary N) is 1. The van der Waals surface area contributed by atoms with Crippen LogP contribution in [0.25, 0.3) is 0 Å². The summed E-state index contributed by atoms with van der Waals surface area (Å²) in [6, 6.07) is 61.7. The van der Waals surface area contributed by atoms with Crippen LogP contribution in [0.3, 0.4) is 0 Å². The Labute approximate surface area is 316 Å². The van der Waals surface area contributed by atoms with Crippen molar-refractivity contribution in [3.63, 3.8) is 0 Å². The molecule has 7 rings (SSSR count). The van der Waals surface area contributed by atoms with Crippen molar-refractivity contribution in [2.75, 3.05) is 24.3 Å². The van der Waals surface area contributed by atoms with E-state index in [1.165, 1.54) is 50.5 Å². The minimum absolute atomic E-state index is 0.154. The second kappa shape index (κ2) is 16.7. The fraction of sp³-hybridized carbons (Fsp3) is 0.176. The molecule has 1 aliphatic heterocycles. The lowest BCUT2D eigenvalue weighted by atomic mass is 9.68. The Hall–Kier alpha value is -5.86. The number of benzene rings is 6. The molecule has 0 fully saturated rings. The van der Waals surface area contributed by atoms with Gasteiger partial charge in [0.25, 0.3) is 0 Å². The number of likely N-dealkylation sites (N-methyl/N-ethyl adjacent to an activating group) is 1. The second-order valence-corrected chi connectivity index (χ2v) is 14.5. The predicted octanol–water partition coefficient (Wildman–Crippen LogP) is 11.7. The predicted molar refractivity (Wildman–Crippen MR) is 226 cm³/mol. The van der Waals surface area contributed by atoms with Gasteiger partial charge < -0.3 is 10.2 Å². The van der Waals surface area contributed by atoms with Crippen LogP contribution in [0.1, 0.15) is 39.8 Å². The fourth-order valence-corrected chi connectivity index (χ4v) is 8.58. The number of hydrogen-bond donors (Lipinski definition) is 1. The molecule has 264 valence electrons. The van der Waals surface area contributed by atoms with Crippen molar-refractivity contribution < 1.29 is 0 Å². The van der Waals surface area contributed by atoms with Crippen LogP contribution in [0.5, 0.6) is 0 Å². The summed E-state index contributed by atoms with van der Waals surface area (Å²) in [4.78, 5) is 2.41. The summed E-state index contributed by atoms with van der Waals surface area (Å²) in [5, 5.41) is 3.52. The fourth-order valence-electron chi connectivity index (χ4n) is 8.58. The first kappa shape index (κ1) is 35.5. The summed E-state index contributed by atoms with van der Waals surface area (Å²) in [7, 11) is 4.27. The molecular weight excluding hydrogens is 641 g/mol. The van der Waals surface area contributed by atoms with Crippen LogP contribution in [-0.2, 0) is 36.5 Å². The number of para-hydroxylation sites is 2. The minimum atomic E-state index is -0.209. The largest absolute Gasteiger partial charge is 0.388 e. The quantitative estimate of drug-likeness (QED) is 0.114. The number of nitrogens with zero attached hydrogens (tertiary/aromatic N) is 1. The highest BCUT2D eigenvalue weighted by Gasteiger charge is 2.45. The zero-order valence-electron chi connectivity index (χ0n) is 31.0. The van der Waals surface area contributed by atoms with Crippen LogP contribution in [-0.4, -0.2) is 14.1 Å². The molecule has 2 heteroatoms. The number of allylic oxidation sites excluding steroid dienone is 6. The zero-order chi connectivity index (χ0) is 36.4. The van der Waals surface area contributed by atoms with E-state index >= 15 is 0 Å². The van der Waals surface area contributed by atoms with Gasteiger partial charge in [0.1, 0.15) is 0 Å². The molecule has 0 saturated carbocycles. The third-order valence-corrected chi connectivity index (χ3v) is 11.0. The van der Waals surface area contributed by atoms with Gasteiger partial charge in [0.05, 0.1) is 0 Å². The van der Waals surface area contributed by atoms with Gasteiger partial charge in [0.15, 0.2) is 0 Å². The highest BCUT2D eigenvalue weighted by atomic mass is 15.2. The Kier molecular flexibility index (Phi) is 11.2. The van der Waals surface area contributed by atoms with Crippen molar-refractivity contribution in [2.24, 2.45) is 0 Å². The maximum absolute atomic E-state index is 3.52. The molecule has 0 aromatic heterocycles. The number of hydrogen-bond acceptors (Lipinski definition) is 2. The molecule has 0 spiro atoms. The van der Waals surface area contributed by atoms with E-state index in [0.717, 1.165) is 32.1 Å². The molecule has 0 unspecified atom stereocenters. The van der Waals surface area contributed by atoms with Gasteiger partial charge >= 0.3 is 0 Å². The van der Waals surface area contributed by atoms with Gasteiger partial charge in [0.2, 0.25) is 0 Å². The first-order chi connectivity index (χ1) is 26.1. The van der Waals surface area contributed by atoms with E-state index in [9.17, 15) is 0 Å². The monoisotopic (exact) mass is 690 g/mol. The van der Waals surface area contributed by atoms with E-state index in [2.05, 4.69) is 218 Å². The lowest BCUT2D eigenvalue weighted by Crippen LogP contribution is -2.34. The second-order valence-electron chi connectivity index (χ2n) is 14.5. The van der Waals surface area contributed by atoms with E-state index in [0.29, 0.717) is 0 Å². The van der Waals surface area contributed by atoms with Crippen LogP contribution in [0.2, 0.25) is 0 Å². The van der Waals surface area contributed by atoms with Gasteiger partial charge in [-0.2, -0.15) is 0 Å². The summed E-state index contributed by atoms with van der Waals surface area (Å²) < 4.78 is 0. The molecule has 0 amide bonds. The van der Waals surface area contributed by atoms with Gasteiger partial charge in [-0.1, -0.05) is 182 Å². The summed E-state index contributed by atoms with van der Waals surface area (Å²) in [6.45, 7) is 0. The lowest BCUT2D eigenvalue weighted by molar-refractivity contribution is 0.425. The number of anilines is 2. The molecule has 1 N–H and O–H groups in total. The van der Waals surface area contributed by atoms with E-state index in [4.69, 9.17) is 0 Å². The average Bonchev–Trinajstić information content (AvgIpc) is 3.43. The lowest BCUT2D eigenvalue weighted by Gasteiger charge is -2.36. The van der Waals surface area contributed by atoms with E-state index in [1.807, 2.05) is 7.05 Å². The molecule has 53 heavy (non-hydrogen) atoms. The maximum Gasteiger partial charge on any atom is 0.0456 e. The van der Waals surface area contributed by atoms with Crippen molar-refractivity contribution in [1.82, 2.24) is 0 Å². The summed E-state index contributed by atoms with van der Waals surface area (Å²) in [6.07, 6.45) is 16.1. The van der Waals surface area contributed by atoms with Crippen LogP contribution in [0.15, 0.2) is 206 Å². The van der Waals surface area contributed by atoms with E-state index in [1.54, 1.807) is 0 Å². The molecule has 0 bridgehead atoms. The SMILES string of the molecule is CNc1ccccc1C(C/C=C/C=C/C=C1/N(C)c2ccccc2C1(Cc1ccccc1)Cc1ccccc1)(Cc1ccccc1)Cc1ccccc1. The van der Waals surface area contributed by atoms with Gasteiger partial charge in [-0.3, -0.25) is 0 Å². The number of rotatable bonds is 14. The van der Waals surface area contributed by atoms with Crippen molar-refractivity contribution >= 4 is 11.4 Å². The van der Waals surface area contributed by atoms with Gasteiger partial charge in [0, 0.05) is 42.0 Å². The van der Waals surface area contributed by atoms with Crippen LogP contribution in [0, 0.1) is 0 Å². The van der Waals surface area contributed by atoms with Crippen LogP contribution >= 0.6 is 0 Å². The third-order valence-electron chi connectivity index (χ3n) is 11.0. The molecular formula is C51H50N2. The van der Waals surface area contributed by atoms with Crippen molar-refractivity contribution in [2.45, 2.75) is 42.9 Å². The molecule has 0 aliphatic carbocycles. The normalized spacial score (nSPS) is 14.6. The molecule has 6 aromatic rings. The molecule has 1 heterocycles. The van der Waals surface area contributed by atoms with Gasteiger partial charge in [-0.05, 0) is 83.7 Å². The summed E-state index contributed by atoms with van der Waals surface area (Å²) in [5.41, 5.74) is 11.6. The topological polar surface area (TPSA) is 15.3 Å². The molecule has 2 nitrogen and oxygen atoms in total. The standard InChI is InChI=1S/C51H50N2/c1-52-47-33-20-18-31-45(47)50(37-41-23-9-5-10-24-41,38-42-25-11-6-12-26-42)36-22-4-3-17-35-49-51(39-43-27-13-7-14-28-43,40-44-29-15-8-16-30-44)46-32-19-21-34-48(46)53(49)2/h3-35,52H,36-40H2,1-2H3/b17-3+,22-4+,49-35+. The Morgan fingerprint density at radius 2 is 1.04 bits per heavy atom. The highest BCUT2D eigenvalue weighted by molar-refractivity contribution is 5.72. The number of fused-ring (bicyclic) bond motifs is 1. The third kappa shape index (κ3) is 7.98. The molecule has 0 radical (unpaired) electrons. The smallest absolute Gasteiger partial charge is 0.0456 e. The first-order valence-corrected chi connectivity index (χ1v) is 18.9. The summed E-state index contributed by atoms with van der Waals surface area (Å²) in [5.74, 6) is 0. The van der Waals surface area contributed by atoms with Crippen molar-refractivity contribution in [1.29, 1.82) is 0 Å².